The Bertz CT molecular complexity index is 132. The molecule has 1 rings (SSSR count). The van der Waals surface area contributed by atoms with Crippen LogP contribution in [0.2, 0.25) is 0 Å². The van der Waals surface area contributed by atoms with Gasteiger partial charge < -0.3 is 4.57 Å². The summed E-state index contributed by atoms with van der Waals surface area (Å²) in [5.41, 5.74) is 0.390. The second-order valence-corrected chi connectivity index (χ2v) is 5.94. The van der Waals surface area contributed by atoms with Crippen LogP contribution in [0.15, 0.2) is 0 Å². The number of hydrogen-bond acceptors (Lipinski definition) is 1. The van der Waals surface area contributed by atoms with Crippen LogP contribution in [0.25, 0.3) is 0 Å². The van der Waals surface area contributed by atoms with Crippen molar-refractivity contribution in [3.8, 4) is 0 Å². The maximum atomic E-state index is 11.1. The van der Waals surface area contributed by atoms with Crippen LogP contribution >= 0.6 is 19.4 Å². The lowest BCUT2D eigenvalue weighted by Crippen LogP contribution is -2.08. The van der Waals surface area contributed by atoms with E-state index < -0.39 is 7.80 Å². The summed E-state index contributed by atoms with van der Waals surface area (Å²) in [5.74, 6) is 0.730. The molecule has 1 saturated carbocycles. The van der Waals surface area contributed by atoms with Gasteiger partial charge in [-0.1, -0.05) is 32.1 Å². The molecule has 1 unspecified atom stereocenters. The number of hydrogen-bond donors (Lipinski definition) is 0. The van der Waals surface area contributed by atoms with Crippen molar-refractivity contribution in [2.24, 2.45) is 5.92 Å². The number of alkyl halides is 1. The molecule has 1 aliphatic rings. The molecule has 0 aromatic heterocycles. The first-order valence-corrected chi connectivity index (χ1v) is 6.76. The van der Waals surface area contributed by atoms with Crippen LogP contribution in [0.4, 0.5) is 0 Å². The summed E-state index contributed by atoms with van der Waals surface area (Å²) in [6.07, 6.45) is 7.53. The molecule has 66 valence electrons. The van der Waals surface area contributed by atoms with Crippen LogP contribution in [0.1, 0.15) is 32.1 Å². The molecular formula is C8H16ClOP. The molecule has 0 aliphatic heterocycles. The summed E-state index contributed by atoms with van der Waals surface area (Å²) < 4.78 is 11.1. The van der Waals surface area contributed by atoms with Crippen molar-refractivity contribution in [3.63, 3.8) is 0 Å². The highest BCUT2D eigenvalue weighted by molar-refractivity contribution is 7.46. The third-order valence-corrected chi connectivity index (χ3v) is 4.62. The van der Waals surface area contributed by atoms with Crippen molar-refractivity contribution in [3.05, 3.63) is 0 Å². The Morgan fingerprint density at radius 2 is 1.91 bits per heavy atom. The predicted octanol–water partition coefficient (Wildman–Crippen LogP) is 3.32. The summed E-state index contributed by atoms with van der Waals surface area (Å²) in [6, 6.07) is 0. The molecule has 1 aliphatic carbocycles. The van der Waals surface area contributed by atoms with Crippen molar-refractivity contribution in [1.29, 1.82) is 0 Å². The van der Waals surface area contributed by atoms with Crippen molar-refractivity contribution in [2.75, 3.05) is 11.8 Å². The SMILES string of the molecule is O=[PH](CCl)CC1CCCCC1. The predicted molar refractivity (Wildman–Crippen MR) is 51.2 cm³/mol. The van der Waals surface area contributed by atoms with Gasteiger partial charge in [-0.15, -0.1) is 11.6 Å². The lowest BCUT2D eigenvalue weighted by Gasteiger charge is -2.20. The molecule has 1 nitrogen and oxygen atoms in total. The molecule has 1 atom stereocenters. The largest absolute Gasteiger partial charge is 0.326 e. The van der Waals surface area contributed by atoms with Gasteiger partial charge in [0.15, 0.2) is 0 Å². The Labute approximate surface area is 74.3 Å². The zero-order valence-electron chi connectivity index (χ0n) is 6.81. The molecule has 0 N–H and O–H groups in total. The first-order chi connectivity index (χ1) is 5.33. The summed E-state index contributed by atoms with van der Waals surface area (Å²) >= 11 is 5.50. The van der Waals surface area contributed by atoms with Gasteiger partial charge >= 0.3 is 0 Å². The number of halogens is 1. The van der Waals surface area contributed by atoms with E-state index in [1.807, 2.05) is 0 Å². The van der Waals surface area contributed by atoms with Crippen molar-refractivity contribution < 1.29 is 4.57 Å². The molecule has 0 spiro atoms. The lowest BCUT2D eigenvalue weighted by atomic mass is 9.91. The van der Waals surface area contributed by atoms with E-state index >= 15 is 0 Å². The maximum absolute atomic E-state index is 11.1. The van der Waals surface area contributed by atoms with Gasteiger partial charge in [0, 0.05) is 6.16 Å². The second kappa shape index (κ2) is 5.22. The summed E-state index contributed by atoms with van der Waals surface area (Å²) in [6.45, 7) is 0. The van der Waals surface area contributed by atoms with Crippen LogP contribution in [0.5, 0.6) is 0 Å². The Morgan fingerprint density at radius 1 is 1.27 bits per heavy atom. The average Bonchev–Trinajstić information content (AvgIpc) is 2.06. The second-order valence-electron chi connectivity index (χ2n) is 3.38. The highest BCUT2D eigenvalue weighted by Gasteiger charge is 2.15. The molecule has 0 bridgehead atoms. The fourth-order valence-electron chi connectivity index (χ4n) is 1.77. The first-order valence-electron chi connectivity index (χ1n) is 4.40. The first kappa shape index (κ1) is 9.61. The van der Waals surface area contributed by atoms with Gasteiger partial charge in [-0.3, -0.25) is 0 Å². The molecule has 0 aromatic rings. The van der Waals surface area contributed by atoms with Gasteiger partial charge in [-0.05, 0) is 5.92 Å². The van der Waals surface area contributed by atoms with Gasteiger partial charge in [-0.25, -0.2) is 0 Å². The Morgan fingerprint density at radius 3 is 2.45 bits per heavy atom. The molecule has 1 fully saturated rings. The van der Waals surface area contributed by atoms with Gasteiger partial charge in [0.25, 0.3) is 0 Å². The molecular weight excluding hydrogens is 179 g/mol. The monoisotopic (exact) mass is 194 g/mol. The van der Waals surface area contributed by atoms with Crippen molar-refractivity contribution >= 4 is 19.4 Å². The third-order valence-electron chi connectivity index (χ3n) is 2.39. The Balaban J connectivity index is 2.19. The van der Waals surface area contributed by atoms with Gasteiger partial charge in [-0.2, -0.15) is 0 Å². The highest BCUT2D eigenvalue weighted by Crippen LogP contribution is 2.33. The summed E-state index contributed by atoms with van der Waals surface area (Å²) in [7, 11) is -1.41. The molecule has 0 radical (unpaired) electrons. The summed E-state index contributed by atoms with van der Waals surface area (Å²) in [4.78, 5) is 0. The molecule has 11 heavy (non-hydrogen) atoms. The molecule has 0 amide bonds. The van der Waals surface area contributed by atoms with Crippen molar-refractivity contribution in [1.82, 2.24) is 0 Å². The number of rotatable bonds is 3. The Hall–Kier alpha value is 0.520. The van der Waals surface area contributed by atoms with Gasteiger partial charge in [0.2, 0.25) is 0 Å². The van der Waals surface area contributed by atoms with Gasteiger partial charge in [0.1, 0.15) is 0 Å². The van der Waals surface area contributed by atoms with Crippen LogP contribution in [0, 0.1) is 5.92 Å². The van der Waals surface area contributed by atoms with Crippen LogP contribution in [0.3, 0.4) is 0 Å². The Kier molecular flexibility index (Phi) is 4.56. The van der Waals surface area contributed by atoms with Crippen molar-refractivity contribution in [2.45, 2.75) is 32.1 Å². The van der Waals surface area contributed by atoms with E-state index in [4.69, 9.17) is 11.6 Å². The van der Waals surface area contributed by atoms with E-state index in [2.05, 4.69) is 0 Å². The minimum absolute atomic E-state index is 0.390. The molecule has 0 saturated heterocycles. The third kappa shape index (κ3) is 3.62. The summed E-state index contributed by atoms with van der Waals surface area (Å²) in [5, 5.41) is 0. The van der Waals surface area contributed by atoms with E-state index in [9.17, 15) is 4.57 Å². The van der Waals surface area contributed by atoms with Crippen LogP contribution in [-0.4, -0.2) is 11.8 Å². The zero-order valence-corrected chi connectivity index (χ0v) is 8.57. The molecule has 0 aromatic carbocycles. The van der Waals surface area contributed by atoms with E-state index in [0.717, 1.165) is 12.1 Å². The van der Waals surface area contributed by atoms with Crippen LogP contribution < -0.4 is 0 Å². The standard InChI is InChI=1S/C8H16ClOP/c9-7-11(10)6-8-4-2-1-3-5-8/h8,11H,1-7H2. The molecule has 0 heterocycles. The van der Waals surface area contributed by atoms with Crippen LogP contribution in [-0.2, 0) is 4.57 Å². The van der Waals surface area contributed by atoms with E-state index in [-0.39, 0.29) is 0 Å². The van der Waals surface area contributed by atoms with E-state index in [1.54, 1.807) is 0 Å². The topological polar surface area (TPSA) is 17.1 Å². The average molecular weight is 195 g/mol. The maximum Gasteiger partial charge on any atom is 0.0905 e. The fraction of sp³-hybridized carbons (Fsp3) is 1.00. The lowest BCUT2D eigenvalue weighted by molar-refractivity contribution is 0.387. The minimum atomic E-state index is -1.41. The minimum Gasteiger partial charge on any atom is -0.326 e. The smallest absolute Gasteiger partial charge is 0.0905 e. The molecule has 3 heteroatoms. The quantitative estimate of drug-likeness (QED) is 0.498. The fourth-order valence-corrected chi connectivity index (χ4v) is 3.26. The van der Waals surface area contributed by atoms with E-state index in [0.29, 0.717) is 5.62 Å². The zero-order chi connectivity index (χ0) is 8.10. The van der Waals surface area contributed by atoms with E-state index in [1.165, 1.54) is 32.1 Å². The van der Waals surface area contributed by atoms with Gasteiger partial charge in [0.05, 0.1) is 13.4 Å². The highest BCUT2D eigenvalue weighted by atomic mass is 35.5. The normalized spacial score (nSPS) is 23.4.